The SMILES string of the molecule is Cc1csc(NC(=O)CN(CCN(C)C)C(=O)c2ccc(Cl)cc2)n1. The topological polar surface area (TPSA) is 65.5 Å². The molecule has 8 heteroatoms. The number of rotatable bonds is 7. The number of aryl methyl sites for hydroxylation is 1. The summed E-state index contributed by atoms with van der Waals surface area (Å²) < 4.78 is 0. The van der Waals surface area contributed by atoms with Gasteiger partial charge in [0.05, 0.1) is 5.69 Å². The van der Waals surface area contributed by atoms with Gasteiger partial charge in [-0.2, -0.15) is 0 Å². The molecule has 0 radical (unpaired) electrons. The van der Waals surface area contributed by atoms with Gasteiger partial charge in [0.1, 0.15) is 6.54 Å². The molecule has 0 bridgehead atoms. The van der Waals surface area contributed by atoms with Gasteiger partial charge < -0.3 is 15.1 Å². The molecule has 0 unspecified atom stereocenters. The zero-order valence-corrected chi connectivity index (χ0v) is 16.0. The van der Waals surface area contributed by atoms with Crippen LogP contribution in [0, 0.1) is 6.92 Å². The molecular formula is C17H21ClN4O2S. The molecular weight excluding hydrogens is 360 g/mol. The quantitative estimate of drug-likeness (QED) is 0.802. The summed E-state index contributed by atoms with van der Waals surface area (Å²) in [6.45, 7) is 2.93. The predicted molar refractivity (Wildman–Crippen MR) is 101 cm³/mol. The maximum atomic E-state index is 12.7. The molecule has 0 atom stereocenters. The third-order valence-corrected chi connectivity index (χ3v) is 4.52. The molecule has 1 aromatic carbocycles. The number of benzene rings is 1. The lowest BCUT2D eigenvalue weighted by Gasteiger charge is -2.24. The lowest BCUT2D eigenvalue weighted by Crippen LogP contribution is -2.41. The van der Waals surface area contributed by atoms with Crippen molar-refractivity contribution in [2.24, 2.45) is 0 Å². The van der Waals surface area contributed by atoms with Crippen LogP contribution in [-0.2, 0) is 4.79 Å². The molecule has 0 aliphatic carbocycles. The predicted octanol–water partition coefficient (Wildman–Crippen LogP) is 2.75. The van der Waals surface area contributed by atoms with Gasteiger partial charge in [-0.15, -0.1) is 11.3 Å². The Hall–Kier alpha value is -1.96. The molecule has 2 amide bonds. The Kier molecular flexibility index (Phi) is 6.92. The maximum Gasteiger partial charge on any atom is 0.254 e. The van der Waals surface area contributed by atoms with Crippen molar-refractivity contribution in [3.8, 4) is 0 Å². The minimum absolute atomic E-state index is 0.0338. The average Bonchev–Trinajstić information content (AvgIpc) is 2.96. The molecule has 1 aromatic heterocycles. The van der Waals surface area contributed by atoms with Crippen LogP contribution in [0.1, 0.15) is 16.1 Å². The monoisotopic (exact) mass is 380 g/mol. The first-order valence-corrected chi connectivity index (χ1v) is 9.02. The number of amides is 2. The van der Waals surface area contributed by atoms with Gasteiger partial charge in [-0.3, -0.25) is 9.59 Å². The van der Waals surface area contributed by atoms with E-state index in [2.05, 4.69) is 10.3 Å². The van der Waals surface area contributed by atoms with Crippen molar-refractivity contribution in [1.82, 2.24) is 14.8 Å². The third kappa shape index (κ3) is 6.12. The zero-order valence-electron chi connectivity index (χ0n) is 14.5. The lowest BCUT2D eigenvalue weighted by atomic mass is 10.2. The molecule has 1 N–H and O–H groups in total. The molecule has 6 nitrogen and oxygen atoms in total. The molecule has 0 aliphatic rings. The number of halogens is 1. The van der Waals surface area contributed by atoms with Crippen LogP contribution in [-0.4, -0.2) is 60.3 Å². The highest BCUT2D eigenvalue weighted by Gasteiger charge is 2.19. The number of hydrogen-bond acceptors (Lipinski definition) is 5. The molecule has 2 aromatic rings. The van der Waals surface area contributed by atoms with Crippen LogP contribution >= 0.6 is 22.9 Å². The van der Waals surface area contributed by atoms with Gasteiger partial charge in [0.15, 0.2) is 5.13 Å². The number of aromatic nitrogens is 1. The number of likely N-dealkylation sites (N-methyl/N-ethyl adjacent to an activating group) is 1. The van der Waals surface area contributed by atoms with Crippen molar-refractivity contribution in [1.29, 1.82) is 0 Å². The third-order valence-electron chi connectivity index (χ3n) is 3.40. The summed E-state index contributed by atoms with van der Waals surface area (Å²) in [5, 5.41) is 5.69. The molecule has 2 rings (SSSR count). The highest BCUT2D eigenvalue weighted by molar-refractivity contribution is 7.13. The molecule has 0 aliphatic heterocycles. The smallest absolute Gasteiger partial charge is 0.254 e. The van der Waals surface area contributed by atoms with Crippen molar-refractivity contribution in [2.45, 2.75) is 6.92 Å². The molecule has 0 fully saturated rings. The summed E-state index contributed by atoms with van der Waals surface area (Å²) in [7, 11) is 3.84. The molecule has 0 saturated carbocycles. The van der Waals surface area contributed by atoms with E-state index in [0.717, 1.165) is 5.69 Å². The molecule has 0 spiro atoms. The first kappa shape index (κ1) is 19.4. The number of hydrogen-bond donors (Lipinski definition) is 1. The fourth-order valence-electron chi connectivity index (χ4n) is 2.09. The first-order valence-electron chi connectivity index (χ1n) is 7.76. The van der Waals surface area contributed by atoms with Crippen molar-refractivity contribution in [2.75, 3.05) is 39.0 Å². The molecule has 0 saturated heterocycles. The Balaban J connectivity index is 2.07. The molecule has 1 heterocycles. The summed E-state index contributed by atoms with van der Waals surface area (Å²) in [5.41, 5.74) is 1.35. The van der Waals surface area contributed by atoms with Gasteiger partial charge in [0.2, 0.25) is 5.91 Å². The van der Waals surface area contributed by atoms with Gasteiger partial charge in [0.25, 0.3) is 5.91 Å². The second kappa shape index (κ2) is 8.94. The second-order valence-corrected chi connectivity index (χ2v) is 7.17. The van der Waals surface area contributed by atoms with E-state index in [1.165, 1.54) is 16.2 Å². The fraction of sp³-hybridized carbons (Fsp3) is 0.353. The van der Waals surface area contributed by atoms with Crippen LogP contribution in [0.25, 0.3) is 0 Å². The van der Waals surface area contributed by atoms with E-state index in [-0.39, 0.29) is 18.4 Å². The highest BCUT2D eigenvalue weighted by atomic mass is 35.5. The van der Waals surface area contributed by atoms with Crippen molar-refractivity contribution < 1.29 is 9.59 Å². The Labute approximate surface area is 156 Å². The zero-order chi connectivity index (χ0) is 18.4. The maximum absolute atomic E-state index is 12.7. The normalized spacial score (nSPS) is 10.8. The minimum atomic E-state index is -0.268. The van der Waals surface area contributed by atoms with Gasteiger partial charge in [-0.25, -0.2) is 4.98 Å². The van der Waals surface area contributed by atoms with Gasteiger partial charge in [-0.1, -0.05) is 11.6 Å². The van der Waals surface area contributed by atoms with Crippen LogP contribution in [0.2, 0.25) is 5.02 Å². The standard InChI is InChI=1S/C17H21ClN4O2S/c1-12-11-25-17(19-12)20-15(23)10-22(9-8-21(2)3)16(24)13-4-6-14(18)7-5-13/h4-7,11H,8-10H2,1-3H3,(H,19,20,23). The largest absolute Gasteiger partial charge is 0.328 e. The Bertz CT molecular complexity index is 731. The number of thiazole rings is 1. The van der Waals surface area contributed by atoms with E-state index >= 15 is 0 Å². The van der Waals surface area contributed by atoms with E-state index in [1.54, 1.807) is 24.3 Å². The number of nitrogens with zero attached hydrogens (tertiary/aromatic N) is 3. The minimum Gasteiger partial charge on any atom is -0.328 e. The van der Waals surface area contributed by atoms with Crippen LogP contribution in [0.5, 0.6) is 0 Å². The van der Waals surface area contributed by atoms with Gasteiger partial charge in [0, 0.05) is 29.1 Å². The summed E-state index contributed by atoms with van der Waals surface area (Å²) in [6, 6.07) is 6.65. The second-order valence-electron chi connectivity index (χ2n) is 5.88. The lowest BCUT2D eigenvalue weighted by molar-refractivity contribution is -0.116. The van der Waals surface area contributed by atoms with Crippen molar-refractivity contribution >= 4 is 39.9 Å². The number of nitrogens with one attached hydrogen (secondary N) is 1. The van der Waals surface area contributed by atoms with E-state index in [1.807, 2.05) is 31.3 Å². The van der Waals surface area contributed by atoms with Crippen LogP contribution in [0.4, 0.5) is 5.13 Å². The van der Waals surface area contributed by atoms with E-state index < -0.39 is 0 Å². The van der Waals surface area contributed by atoms with E-state index in [0.29, 0.717) is 28.8 Å². The van der Waals surface area contributed by atoms with E-state index in [4.69, 9.17) is 11.6 Å². The Morgan fingerprint density at radius 2 is 1.88 bits per heavy atom. The fourth-order valence-corrected chi connectivity index (χ4v) is 2.92. The molecule has 134 valence electrons. The van der Waals surface area contributed by atoms with Crippen LogP contribution in [0.15, 0.2) is 29.6 Å². The Morgan fingerprint density at radius 3 is 2.44 bits per heavy atom. The van der Waals surface area contributed by atoms with Crippen LogP contribution < -0.4 is 5.32 Å². The number of carbonyl (C=O) groups excluding carboxylic acids is 2. The van der Waals surface area contributed by atoms with Crippen LogP contribution in [0.3, 0.4) is 0 Å². The number of carbonyl (C=O) groups is 2. The summed E-state index contributed by atoms with van der Waals surface area (Å²) >= 11 is 7.23. The van der Waals surface area contributed by atoms with Crippen molar-refractivity contribution in [3.05, 3.63) is 45.9 Å². The average molecular weight is 381 g/mol. The molecule has 25 heavy (non-hydrogen) atoms. The first-order chi connectivity index (χ1) is 11.8. The van der Waals surface area contributed by atoms with Gasteiger partial charge in [-0.05, 0) is 45.3 Å². The van der Waals surface area contributed by atoms with E-state index in [9.17, 15) is 9.59 Å². The highest BCUT2D eigenvalue weighted by Crippen LogP contribution is 2.15. The number of anilines is 1. The Morgan fingerprint density at radius 1 is 1.20 bits per heavy atom. The van der Waals surface area contributed by atoms with Crippen molar-refractivity contribution in [3.63, 3.8) is 0 Å². The summed E-state index contributed by atoms with van der Waals surface area (Å²) in [6.07, 6.45) is 0. The summed E-state index contributed by atoms with van der Waals surface area (Å²) in [5.74, 6) is -0.473. The summed E-state index contributed by atoms with van der Waals surface area (Å²) in [4.78, 5) is 32.7. The van der Waals surface area contributed by atoms with Gasteiger partial charge >= 0.3 is 0 Å².